The maximum absolute atomic E-state index is 14.4. The fourth-order valence-electron chi connectivity index (χ4n) is 4.80. The Bertz CT molecular complexity index is 1730. The Morgan fingerprint density at radius 3 is 1.91 bits per heavy atom. The molecule has 0 saturated heterocycles. The Labute approximate surface area is 268 Å². The summed E-state index contributed by atoms with van der Waals surface area (Å²) in [5.41, 5.74) is 0.706. The van der Waals surface area contributed by atoms with E-state index in [-0.39, 0.29) is 23.5 Å². The number of hydrogen-bond acceptors (Lipinski definition) is 5. The minimum absolute atomic E-state index is 0.0473. The highest BCUT2D eigenvalue weighted by molar-refractivity contribution is 7.92. The van der Waals surface area contributed by atoms with E-state index in [9.17, 15) is 26.8 Å². The molecule has 242 valence electrons. The first-order valence-corrected chi connectivity index (χ1v) is 16.0. The topological polar surface area (TPSA) is 96.0 Å². The third-order valence-corrected chi connectivity index (χ3v) is 8.86. The van der Waals surface area contributed by atoms with E-state index in [1.165, 1.54) is 72.7 Å². The van der Waals surface area contributed by atoms with Gasteiger partial charge in [-0.15, -0.1) is 0 Å². The quantitative estimate of drug-likeness (QED) is 0.212. The number of sulfonamides is 1. The Morgan fingerprint density at radius 1 is 0.804 bits per heavy atom. The summed E-state index contributed by atoms with van der Waals surface area (Å²) in [6.07, 6.45) is 0.122. The molecule has 4 aromatic rings. The van der Waals surface area contributed by atoms with Crippen molar-refractivity contribution in [3.8, 4) is 5.75 Å². The maximum Gasteiger partial charge on any atom is 0.264 e. The van der Waals surface area contributed by atoms with Gasteiger partial charge in [-0.05, 0) is 92.6 Å². The molecule has 0 aliphatic carbocycles. The lowest BCUT2D eigenvalue weighted by Crippen LogP contribution is -2.56. The zero-order chi connectivity index (χ0) is 33.5. The molecule has 0 heterocycles. The third kappa shape index (κ3) is 8.91. The van der Waals surface area contributed by atoms with Crippen LogP contribution in [0.15, 0.2) is 108 Å². The van der Waals surface area contributed by atoms with Crippen molar-refractivity contribution in [3.63, 3.8) is 0 Å². The van der Waals surface area contributed by atoms with E-state index in [0.717, 1.165) is 22.0 Å². The predicted molar refractivity (Wildman–Crippen MR) is 173 cm³/mol. The van der Waals surface area contributed by atoms with E-state index >= 15 is 0 Å². The number of hydrogen-bond donors (Lipinski definition) is 1. The highest BCUT2D eigenvalue weighted by atomic mass is 32.2. The minimum Gasteiger partial charge on any atom is -0.497 e. The molecule has 0 radical (unpaired) electrons. The van der Waals surface area contributed by atoms with Crippen LogP contribution in [0.3, 0.4) is 0 Å². The Hall–Kier alpha value is -4.77. The van der Waals surface area contributed by atoms with Gasteiger partial charge in [0.2, 0.25) is 11.8 Å². The average molecular weight is 650 g/mol. The van der Waals surface area contributed by atoms with Crippen LogP contribution < -0.4 is 14.4 Å². The molecule has 0 saturated carbocycles. The molecule has 0 aliphatic rings. The molecule has 0 aliphatic heterocycles. The summed E-state index contributed by atoms with van der Waals surface area (Å²) in [6.45, 7) is 4.61. The molecule has 1 atom stereocenters. The van der Waals surface area contributed by atoms with Gasteiger partial charge in [-0.2, -0.15) is 0 Å². The number of ether oxygens (including phenoxy) is 1. The lowest BCUT2D eigenvalue weighted by molar-refractivity contribution is -0.140. The van der Waals surface area contributed by atoms with Gasteiger partial charge in [0, 0.05) is 18.5 Å². The van der Waals surface area contributed by atoms with E-state index < -0.39 is 51.6 Å². The monoisotopic (exact) mass is 649 g/mol. The SMILES string of the molecule is COc1ccc(S(=O)(=O)N(CC(=O)N(Cc2ccc(F)cc2)[C@H](Cc2ccccc2)C(=O)NC(C)(C)C)c2ccc(F)cc2)cc1. The molecule has 0 spiro atoms. The summed E-state index contributed by atoms with van der Waals surface area (Å²) in [4.78, 5) is 29.5. The number of benzene rings is 4. The number of rotatable bonds is 12. The van der Waals surface area contributed by atoms with Crippen LogP contribution in [0.1, 0.15) is 31.9 Å². The lowest BCUT2D eigenvalue weighted by atomic mass is 10.0. The largest absolute Gasteiger partial charge is 0.497 e. The van der Waals surface area contributed by atoms with Crippen LogP contribution in [0.4, 0.5) is 14.5 Å². The second-order valence-corrected chi connectivity index (χ2v) is 13.6. The third-order valence-electron chi connectivity index (χ3n) is 7.08. The standard InChI is InChI=1S/C35H37F2N3O5S/c1-35(2,3)38-34(42)32(22-25-8-6-5-7-9-25)39(23-26-10-12-27(36)13-11-26)33(41)24-40(29-16-14-28(37)15-17-29)46(43,44)31-20-18-30(45-4)19-21-31/h5-21,32H,22-24H2,1-4H3,(H,38,42)/t32-/m1/s1. The van der Waals surface area contributed by atoms with E-state index in [1.807, 2.05) is 51.1 Å². The molecule has 4 aromatic carbocycles. The molecule has 4 rings (SSSR count). The Kier molecular flexibility index (Phi) is 10.8. The van der Waals surface area contributed by atoms with Crippen molar-refractivity contribution in [1.29, 1.82) is 0 Å². The van der Waals surface area contributed by atoms with Crippen molar-refractivity contribution in [1.82, 2.24) is 10.2 Å². The summed E-state index contributed by atoms with van der Waals surface area (Å²) in [5.74, 6) is -1.77. The van der Waals surface area contributed by atoms with Crippen LogP contribution >= 0.6 is 0 Å². The van der Waals surface area contributed by atoms with Crippen LogP contribution in [-0.4, -0.2) is 50.4 Å². The van der Waals surface area contributed by atoms with E-state index in [1.54, 1.807) is 0 Å². The summed E-state index contributed by atoms with van der Waals surface area (Å²) in [6, 6.07) is 23.9. The van der Waals surface area contributed by atoms with Gasteiger partial charge in [0.05, 0.1) is 17.7 Å². The Morgan fingerprint density at radius 2 is 1.37 bits per heavy atom. The van der Waals surface area contributed by atoms with Crippen LogP contribution in [-0.2, 0) is 32.6 Å². The Balaban J connectivity index is 1.81. The molecule has 11 heteroatoms. The molecule has 2 amide bonds. The smallest absolute Gasteiger partial charge is 0.264 e. The molecule has 8 nitrogen and oxygen atoms in total. The van der Waals surface area contributed by atoms with Crippen molar-refractivity contribution in [2.24, 2.45) is 0 Å². The van der Waals surface area contributed by atoms with Crippen molar-refractivity contribution in [2.75, 3.05) is 18.0 Å². The number of carbonyl (C=O) groups excluding carboxylic acids is 2. The summed E-state index contributed by atoms with van der Waals surface area (Å²) >= 11 is 0. The van der Waals surface area contributed by atoms with Gasteiger partial charge >= 0.3 is 0 Å². The first kappa shape index (κ1) is 34.1. The van der Waals surface area contributed by atoms with Crippen LogP contribution in [0.2, 0.25) is 0 Å². The van der Waals surface area contributed by atoms with Crippen LogP contribution in [0.25, 0.3) is 0 Å². The van der Waals surface area contributed by atoms with Crippen LogP contribution in [0, 0.1) is 11.6 Å². The minimum atomic E-state index is -4.37. The number of carbonyl (C=O) groups is 2. The van der Waals surface area contributed by atoms with Crippen LogP contribution in [0.5, 0.6) is 5.75 Å². The van der Waals surface area contributed by atoms with Crippen molar-refractivity contribution < 1.29 is 31.5 Å². The van der Waals surface area contributed by atoms with Gasteiger partial charge in [-0.25, -0.2) is 17.2 Å². The average Bonchev–Trinajstić information content (AvgIpc) is 3.02. The number of nitrogens with one attached hydrogen (secondary N) is 1. The fraction of sp³-hybridized carbons (Fsp3) is 0.257. The van der Waals surface area contributed by atoms with E-state index in [2.05, 4.69) is 5.32 Å². The zero-order valence-electron chi connectivity index (χ0n) is 26.1. The van der Waals surface area contributed by atoms with Gasteiger partial charge in [-0.3, -0.25) is 13.9 Å². The molecular formula is C35H37F2N3O5S. The zero-order valence-corrected chi connectivity index (χ0v) is 26.9. The first-order valence-electron chi connectivity index (χ1n) is 14.6. The van der Waals surface area contributed by atoms with Gasteiger partial charge in [0.15, 0.2) is 0 Å². The normalized spacial score (nSPS) is 12.2. The molecular weight excluding hydrogens is 612 g/mol. The van der Waals surface area contributed by atoms with Gasteiger partial charge < -0.3 is 15.0 Å². The highest BCUT2D eigenvalue weighted by Crippen LogP contribution is 2.27. The highest BCUT2D eigenvalue weighted by Gasteiger charge is 2.35. The number of methoxy groups -OCH3 is 1. The van der Waals surface area contributed by atoms with Gasteiger partial charge in [-0.1, -0.05) is 42.5 Å². The molecule has 1 N–H and O–H groups in total. The number of amides is 2. The molecule has 0 aromatic heterocycles. The summed E-state index contributed by atoms with van der Waals surface area (Å²) < 4.78 is 61.9. The lowest BCUT2D eigenvalue weighted by Gasteiger charge is -2.35. The van der Waals surface area contributed by atoms with Crippen molar-refractivity contribution in [3.05, 3.63) is 126 Å². The molecule has 46 heavy (non-hydrogen) atoms. The number of halogens is 2. The summed E-state index contributed by atoms with van der Waals surface area (Å²) in [7, 11) is -2.93. The molecule has 0 fully saturated rings. The van der Waals surface area contributed by atoms with Crippen molar-refractivity contribution in [2.45, 2.75) is 50.2 Å². The molecule has 0 unspecified atom stereocenters. The van der Waals surface area contributed by atoms with E-state index in [0.29, 0.717) is 11.3 Å². The van der Waals surface area contributed by atoms with Gasteiger partial charge in [0.1, 0.15) is 30.0 Å². The maximum atomic E-state index is 14.4. The number of anilines is 1. The van der Waals surface area contributed by atoms with E-state index in [4.69, 9.17) is 4.74 Å². The van der Waals surface area contributed by atoms with Crippen molar-refractivity contribution >= 4 is 27.5 Å². The predicted octanol–water partition coefficient (Wildman–Crippen LogP) is 5.72. The number of nitrogens with zero attached hydrogens (tertiary/aromatic N) is 2. The molecule has 0 bridgehead atoms. The first-order chi connectivity index (χ1) is 21.8. The fourth-order valence-corrected chi connectivity index (χ4v) is 6.22. The second-order valence-electron chi connectivity index (χ2n) is 11.8. The summed E-state index contributed by atoms with van der Waals surface area (Å²) in [5, 5.41) is 2.95. The van der Waals surface area contributed by atoms with Gasteiger partial charge in [0.25, 0.3) is 10.0 Å². The second kappa shape index (κ2) is 14.6.